The highest BCUT2D eigenvalue weighted by Crippen LogP contribution is 2.39. The van der Waals surface area contributed by atoms with E-state index in [0.29, 0.717) is 12.5 Å². The van der Waals surface area contributed by atoms with Crippen molar-refractivity contribution in [2.24, 2.45) is 0 Å². The zero-order valence-corrected chi connectivity index (χ0v) is 20.5. The van der Waals surface area contributed by atoms with Gasteiger partial charge < -0.3 is 14.8 Å². The average Bonchev–Trinajstić information content (AvgIpc) is 3.41. The molecule has 1 aromatic heterocycles. The molecule has 5 nitrogen and oxygen atoms in total. The number of halogens is 5. The van der Waals surface area contributed by atoms with Crippen LogP contribution in [-0.4, -0.2) is 28.4 Å². The normalized spacial score (nSPS) is 12.3. The number of aromatic nitrogens is 1. The molecule has 0 radical (unpaired) electrons. The van der Waals surface area contributed by atoms with Crippen LogP contribution in [0.5, 0.6) is 5.75 Å². The van der Waals surface area contributed by atoms with E-state index in [1.807, 2.05) is 6.92 Å². The SMILES string of the molecule is CCCOc1ccc(-c2cccc(C(=O)O)c2F)cc1C(C(=O)c1ccc(C(F)(F)F)cc1F)c1ccc[nH]1. The first-order valence-electron chi connectivity index (χ1n) is 11.9. The Hall–Kier alpha value is -4.47. The van der Waals surface area contributed by atoms with Gasteiger partial charge in [-0.15, -0.1) is 0 Å². The zero-order valence-electron chi connectivity index (χ0n) is 20.5. The molecule has 0 aliphatic heterocycles. The Morgan fingerprint density at radius 3 is 2.36 bits per heavy atom. The predicted molar refractivity (Wildman–Crippen MR) is 133 cm³/mol. The fourth-order valence-corrected chi connectivity index (χ4v) is 4.23. The first-order valence-corrected chi connectivity index (χ1v) is 11.9. The van der Waals surface area contributed by atoms with Gasteiger partial charge in [-0.05, 0) is 60.5 Å². The van der Waals surface area contributed by atoms with Gasteiger partial charge in [0.05, 0.1) is 29.2 Å². The molecule has 10 heteroatoms. The van der Waals surface area contributed by atoms with Gasteiger partial charge in [-0.25, -0.2) is 13.6 Å². The van der Waals surface area contributed by atoms with Gasteiger partial charge in [-0.1, -0.05) is 25.1 Å². The number of aromatic carboxylic acids is 1. The topological polar surface area (TPSA) is 79.4 Å². The summed E-state index contributed by atoms with van der Waals surface area (Å²) in [6, 6.07) is 13.1. The molecular weight excluding hydrogens is 521 g/mol. The molecule has 0 aliphatic carbocycles. The van der Waals surface area contributed by atoms with E-state index in [2.05, 4.69) is 4.98 Å². The van der Waals surface area contributed by atoms with E-state index in [-0.39, 0.29) is 40.8 Å². The summed E-state index contributed by atoms with van der Waals surface area (Å²) in [6.07, 6.45) is -2.68. The van der Waals surface area contributed by atoms with Crippen LogP contribution in [0.4, 0.5) is 22.0 Å². The maximum atomic E-state index is 15.1. The smallest absolute Gasteiger partial charge is 0.416 e. The van der Waals surface area contributed by atoms with E-state index in [0.717, 1.165) is 12.1 Å². The molecule has 4 rings (SSSR count). The number of H-pyrrole nitrogens is 1. The van der Waals surface area contributed by atoms with Crippen molar-refractivity contribution in [1.29, 1.82) is 0 Å². The van der Waals surface area contributed by atoms with Crippen LogP contribution in [-0.2, 0) is 6.18 Å². The Labute approximate surface area is 219 Å². The third-order valence-corrected chi connectivity index (χ3v) is 6.08. The molecule has 0 saturated heterocycles. The van der Waals surface area contributed by atoms with Gasteiger partial charge in [0, 0.05) is 23.0 Å². The van der Waals surface area contributed by atoms with E-state index < -0.39 is 52.2 Å². The minimum atomic E-state index is -4.80. The van der Waals surface area contributed by atoms with E-state index in [1.165, 1.54) is 36.5 Å². The first kappa shape index (κ1) is 27.6. The summed E-state index contributed by atoms with van der Waals surface area (Å²) in [5.41, 5.74) is -1.73. The van der Waals surface area contributed by atoms with Crippen molar-refractivity contribution in [3.05, 3.63) is 113 Å². The molecular formula is C29H22F5NO4. The highest BCUT2D eigenvalue weighted by Gasteiger charge is 2.34. The van der Waals surface area contributed by atoms with E-state index in [4.69, 9.17) is 4.74 Å². The van der Waals surface area contributed by atoms with Crippen molar-refractivity contribution in [2.75, 3.05) is 6.61 Å². The van der Waals surface area contributed by atoms with Gasteiger partial charge in [0.1, 0.15) is 17.4 Å². The van der Waals surface area contributed by atoms with Gasteiger partial charge in [0.15, 0.2) is 5.78 Å². The Bertz CT molecular complexity index is 1510. The van der Waals surface area contributed by atoms with Crippen LogP contribution in [0.15, 0.2) is 72.9 Å². The lowest BCUT2D eigenvalue weighted by molar-refractivity contribution is -0.137. The van der Waals surface area contributed by atoms with Crippen molar-refractivity contribution < 1.29 is 41.4 Å². The van der Waals surface area contributed by atoms with Crippen LogP contribution in [0.1, 0.15) is 56.8 Å². The fourth-order valence-electron chi connectivity index (χ4n) is 4.23. The van der Waals surface area contributed by atoms with Crippen LogP contribution >= 0.6 is 0 Å². The highest BCUT2D eigenvalue weighted by molar-refractivity contribution is 6.03. The van der Waals surface area contributed by atoms with Gasteiger partial charge in [0.2, 0.25) is 0 Å². The third kappa shape index (κ3) is 5.69. The average molecular weight is 543 g/mol. The number of carbonyl (C=O) groups excluding carboxylic acids is 1. The van der Waals surface area contributed by atoms with Gasteiger partial charge in [-0.3, -0.25) is 4.79 Å². The molecule has 0 spiro atoms. The molecule has 1 heterocycles. The van der Waals surface area contributed by atoms with Crippen molar-refractivity contribution >= 4 is 11.8 Å². The predicted octanol–water partition coefficient (Wildman–Crippen LogP) is 7.48. The number of ether oxygens (including phenoxy) is 1. The minimum Gasteiger partial charge on any atom is -0.493 e. The number of alkyl halides is 3. The number of aromatic amines is 1. The van der Waals surface area contributed by atoms with Crippen LogP contribution in [0.3, 0.4) is 0 Å². The molecule has 0 fully saturated rings. The maximum Gasteiger partial charge on any atom is 0.416 e. The van der Waals surface area contributed by atoms with Crippen LogP contribution in [0.25, 0.3) is 11.1 Å². The number of hydrogen-bond acceptors (Lipinski definition) is 3. The maximum absolute atomic E-state index is 15.1. The lowest BCUT2D eigenvalue weighted by Crippen LogP contribution is -2.18. The summed E-state index contributed by atoms with van der Waals surface area (Å²) >= 11 is 0. The summed E-state index contributed by atoms with van der Waals surface area (Å²) in [5, 5.41) is 9.33. The summed E-state index contributed by atoms with van der Waals surface area (Å²) in [6.45, 7) is 2.10. The Morgan fingerprint density at radius 2 is 1.74 bits per heavy atom. The number of nitrogens with one attached hydrogen (secondary N) is 1. The molecule has 0 amide bonds. The van der Waals surface area contributed by atoms with Crippen molar-refractivity contribution in [1.82, 2.24) is 4.98 Å². The second kappa shape index (κ2) is 11.1. The van der Waals surface area contributed by atoms with Gasteiger partial charge in [-0.2, -0.15) is 13.2 Å². The molecule has 0 aliphatic rings. The summed E-state index contributed by atoms with van der Waals surface area (Å²) in [7, 11) is 0. The lowest BCUT2D eigenvalue weighted by Gasteiger charge is -2.21. The molecule has 1 unspecified atom stereocenters. The standard InChI is InChI=1S/C29H22F5NO4/c1-2-13-39-24-11-8-16(18-5-3-6-20(26(18)31)28(37)38)14-21(24)25(23-7-4-12-35-23)27(36)19-10-9-17(15-22(19)30)29(32,33)34/h3-12,14-15,25,35H,2,13H2,1H3,(H,37,38). The Kier molecular flexibility index (Phi) is 7.85. The highest BCUT2D eigenvalue weighted by atomic mass is 19.4. The number of benzene rings is 3. The molecule has 4 aromatic rings. The number of rotatable bonds is 9. The minimum absolute atomic E-state index is 0.0587. The number of Topliss-reactive ketones (excluding diaryl/α,β-unsaturated/α-hetero) is 1. The number of carboxylic acid groups (broad SMARTS) is 1. The summed E-state index contributed by atoms with van der Waals surface area (Å²) < 4.78 is 75.1. The van der Waals surface area contributed by atoms with Crippen LogP contribution in [0, 0.1) is 11.6 Å². The number of carboxylic acids is 1. The number of hydrogen-bond donors (Lipinski definition) is 2. The number of carbonyl (C=O) groups is 2. The molecule has 0 saturated carbocycles. The third-order valence-electron chi connectivity index (χ3n) is 6.08. The van der Waals surface area contributed by atoms with Crippen molar-refractivity contribution in [3.8, 4) is 16.9 Å². The molecule has 0 bridgehead atoms. The van der Waals surface area contributed by atoms with E-state index in [9.17, 15) is 32.3 Å². The molecule has 3 aromatic carbocycles. The number of ketones is 1. The Balaban J connectivity index is 1.91. The van der Waals surface area contributed by atoms with Crippen molar-refractivity contribution in [2.45, 2.75) is 25.4 Å². The fraction of sp³-hybridized carbons (Fsp3) is 0.172. The summed E-state index contributed by atoms with van der Waals surface area (Å²) in [4.78, 5) is 28.1. The van der Waals surface area contributed by atoms with Crippen LogP contribution < -0.4 is 4.74 Å². The second-order valence-corrected chi connectivity index (χ2v) is 8.69. The first-order chi connectivity index (χ1) is 18.5. The van der Waals surface area contributed by atoms with E-state index in [1.54, 1.807) is 12.1 Å². The molecule has 202 valence electrons. The van der Waals surface area contributed by atoms with Gasteiger partial charge in [0.25, 0.3) is 0 Å². The van der Waals surface area contributed by atoms with Crippen LogP contribution in [0.2, 0.25) is 0 Å². The Morgan fingerprint density at radius 1 is 0.974 bits per heavy atom. The molecule has 2 N–H and O–H groups in total. The largest absolute Gasteiger partial charge is 0.493 e. The second-order valence-electron chi connectivity index (χ2n) is 8.69. The quantitative estimate of drug-likeness (QED) is 0.169. The monoisotopic (exact) mass is 543 g/mol. The van der Waals surface area contributed by atoms with Gasteiger partial charge >= 0.3 is 12.1 Å². The van der Waals surface area contributed by atoms with Crippen molar-refractivity contribution in [3.63, 3.8) is 0 Å². The molecule has 39 heavy (non-hydrogen) atoms. The lowest BCUT2D eigenvalue weighted by atomic mass is 9.85. The summed E-state index contributed by atoms with van der Waals surface area (Å²) in [5.74, 6) is -5.72. The van der Waals surface area contributed by atoms with E-state index >= 15 is 4.39 Å². The molecule has 1 atom stereocenters. The zero-order chi connectivity index (χ0) is 28.3.